The van der Waals surface area contributed by atoms with Gasteiger partial charge in [-0.15, -0.1) is 12.3 Å². The predicted octanol–water partition coefficient (Wildman–Crippen LogP) is 7.27. The fourth-order valence-electron chi connectivity index (χ4n) is 3.70. The molecule has 5 nitrogen and oxygen atoms in total. The van der Waals surface area contributed by atoms with Crippen molar-refractivity contribution in [1.29, 1.82) is 0 Å². The highest BCUT2D eigenvalue weighted by Gasteiger charge is 2.24. The highest BCUT2D eigenvalue weighted by molar-refractivity contribution is 6.36. The van der Waals surface area contributed by atoms with Gasteiger partial charge in [0.15, 0.2) is 0 Å². The molecule has 1 heterocycles. The third-order valence-corrected chi connectivity index (χ3v) is 6.13. The Labute approximate surface area is 236 Å². The second kappa shape index (κ2) is 22.0. The van der Waals surface area contributed by atoms with Crippen LogP contribution < -0.4 is 5.73 Å². The molecule has 37 heavy (non-hydrogen) atoms. The molecule has 2 rings (SSSR count). The number of nitrogens with two attached hydrogens (primary N) is 1. The van der Waals surface area contributed by atoms with Crippen molar-refractivity contribution in [3.05, 3.63) is 63.3 Å². The summed E-state index contributed by atoms with van der Waals surface area (Å²) in [6, 6.07) is 0. The molecule has 0 amide bonds. The summed E-state index contributed by atoms with van der Waals surface area (Å²) in [6.45, 7) is 14.0. The lowest BCUT2D eigenvalue weighted by molar-refractivity contribution is 0.0532. The summed E-state index contributed by atoms with van der Waals surface area (Å²) in [4.78, 5) is 4.67. The van der Waals surface area contributed by atoms with Gasteiger partial charge in [-0.1, -0.05) is 48.0 Å². The summed E-state index contributed by atoms with van der Waals surface area (Å²) in [5.74, 6) is 2.25. The minimum absolute atomic E-state index is 0.161. The van der Waals surface area contributed by atoms with Crippen molar-refractivity contribution in [2.75, 3.05) is 40.1 Å². The van der Waals surface area contributed by atoms with Crippen LogP contribution in [0, 0.1) is 12.3 Å². The SMILES string of the molecule is C#CC.C/C=C\C/C(N)=C(\CC(CC)OCC)N1CCCCN(C2=C=CC=C(Cl)C=C2Cl)C1.CCOC. The minimum Gasteiger partial charge on any atom is -0.400 e. The number of halogens is 2. The second-order valence-electron chi connectivity index (χ2n) is 8.38. The number of ether oxygens (including phenoxy) is 2. The molecule has 1 unspecified atom stereocenters. The summed E-state index contributed by atoms with van der Waals surface area (Å²) in [5, 5.41) is 1.22. The van der Waals surface area contributed by atoms with Crippen molar-refractivity contribution in [3.8, 4) is 12.3 Å². The highest BCUT2D eigenvalue weighted by atomic mass is 35.5. The molecule has 1 aliphatic heterocycles. The number of methoxy groups -OCH3 is 1. The van der Waals surface area contributed by atoms with Crippen LogP contribution in [0.15, 0.2) is 63.3 Å². The van der Waals surface area contributed by atoms with Gasteiger partial charge in [0.25, 0.3) is 0 Å². The van der Waals surface area contributed by atoms with Crippen LogP contribution in [0.2, 0.25) is 0 Å². The standard InChI is InChI=1S/C24H35Cl2N3O.C3H8O.C3H4/c1-4-7-12-22(27)24(17-20(5-2)30-6-3)29-15-9-8-14-28(18-29)23-13-10-11-19(25)16-21(23)26;1-3-4-2;1-3-2/h4,7,10-11,16,20H,5-6,8-9,12,14-15,17-18,27H2,1-3H3;3H2,1-2H3;1H,2H3/b7-4-,24-22-;;. The Kier molecular flexibility index (Phi) is 20.7. The molecule has 7 heteroatoms. The Bertz CT molecular complexity index is 876. The van der Waals surface area contributed by atoms with Gasteiger partial charge in [-0.05, 0) is 65.2 Å². The summed E-state index contributed by atoms with van der Waals surface area (Å²) in [6.07, 6.45) is 19.0. The van der Waals surface area contributed by atoms with E-state index in [1.165, 1.54) is 5.70 Å². The van der Waals surface area contributed by atoms with Crippen LogP contribution in [-0.4, -0.2) is 56.0 Å². The maximum atomic E-state index is 6.60. The number of nitrogens with zero attached hydrogens (tertiary/aromatic N) is 2. The Morgan fingerprint density at radius 3 is 2.46 bits per heavy atom. The maximum absolute atomic E-state index is 6.60. The third-order valence-electron chi connectivity index (χ3n) is 5.61. The van der Waals surface area contributed by atoms with Gasteiger partial charge in [-0.2, -0.15) is 0 Å². The van der Waals surface area contributed by atoms with E-state index >= 15 is 0 Å². The zero-order valence-corrected chi connectivity index (χ0v) is 25.2. The molecule has 0 saturated carbocycles. The van der Waals surface area contributed by atoms with Crippen LogP contribution in [0.1, 0.15) is 66.7 Å². The minimum atomic E-state index is 0.161. The van der Waals surface area contributed by atoms with Gasteiger partial charge in [0.2, 0.25) is 0 Å². The van der Waals surface area contributed by atoms with Crippen molar-refractivity contribution in [2.24, 2.45) is 5.73 Å². The Morgan fingerprint density at radius 1 is 1.24 bits per heavy atom. The van der Waals surface area contributed by atoms with Gasteiger partial charge in [-0.25, -0.2) is 0 Å². The van der Waals surface area contributed by atoms with E-state index in [0.717, 1.165) is 63.2 Å². The van der Waals surface area contributed by atoms with Gasteiger partial charge in [0, 0.05) is 62.7 Å². The Morgan fingerprint density at radius 2 is 1.89 bits per heavy atom. The molecule has 1 aliphatic carbocycles. The second-order valence-corrected chi connectivity index (χ2v) is 9.22. The molecule has 208 valence electrons. The van der Waals surface area contributed by atoms with Gasteiger partial charge in [0.1, 0.15) is 5.70 Å². The van der Waals surface area contributed by atoms with E-state index in [4.69, 9.17) is 33.7 Å². The molecule has 0 aromatic heterocycles. The first-order chi connectivity index (χ1) is 17.8. The largest absolute Gasteiger partial charge is 0.400 e. The monoisotopic (exact) mass is 551 g/mol. The molecule has 2 N–H and O–H groups in total. The van der Waals surface area contributed by atoms with E-state index < -0.39 is 0 Å². The van der Waals surface area contributed by atoms with E-state index in [9.17, 15) is 0 Å². The number of allylic oxidation sites excluding steroid dienone is 6. The molecule has 0 aromatic carbocycles. The fraction of sp³-hybridized carbons (Fsp3) is 0.567. The number of hydrogen-bond acceptors (Lipinski definition) is 5. The van der Waals surface area contributed by atoms with Crippen molar-refractivity contribution >= 4 is 23.2 Å². The normalized spacial score (nSPS) is 17.0. The molecular weight excluding hydrogens is 505 g/mol. The lowest BCUT2D eigenvalue weighted by Crippen LogP contribution is -2.37. The molecular formula is C30H47Cl2N3O2. The van der Waals surface area contributed by atoms with Crippen molar-refractivity contribution in [2.45, 2.75) is 72.8 Å². The molecule has 1 fully saturated rings. The summed E-state index contributed by atoms with van der Waals surface area (Å²) < 4.78 is 10.5. The molecule has 0 radical (unpaired) electrons. The third kappa shape index (κ3) is 14.5. The molecule has 0 aromatic rings. The first-order valence-electron chi connectivity index (χ1n) is 13.1. The van der Waals surface area contributed by atoms with Gasteiger partial charge in [-0.3, -0.25) is 0 Å². The van der Waals surface area contributed by atoms with Crippen molar-refractivity contribution < 1.29 is 9.47 Å². The highest BCUT2D eigenvalue weighted by Crippen LogP contribution is 2.28. The van der Waals surface area contributed by atoms with Gasteiger partial charge in [0.05, 0.1) is 17.8 Å². The van der Waals surface area contributed by atoms with Crippen LogP contribution in [0.4, 0.5) is 0 Å². The Hall–Kier alpha value is -2.06. The molecule has 2 aliphatic rings. The lowest BCUT2D eigenvalue weighted by atomic mass is 10.1. The number of rotatable bonds is 10. The van der Waals surface area contributed by atoms with Crippen LogP contribution in [0.3, 0.4) is 0 Å². The fourth-order valence-corrected chi connectivity index (χ4v) is 4.22. The van der Waals surface area contributed by atoms with Crippen LogP contribution in [0.5, 0.6) is 0 Å². The smallest absolute Gasteiger partial charge is 0.100 e. The average molecular weight is 553 g/mol. The van der Waals surface area contributed by atoms with E-state index in [2.05, 4.69) is 45.6 Å². The quantitative estimate of drug-likeness (QED) is 0.175. The lowest BCUT2D eigenvalue weighted by Gasteiger charge is -2.34. The van der Waals surface area contributed by atoms with Gasteiger partial charge >= 0.3 is 0 Å². The van der Waals surface area contributed by atoms with Gasteiger partial charge < -0.3 is 25.0 Å². The van der Waals surface area contributed by atoms with Crippen LogP contribution in [0.25, 0.3) is 0 Å². The number of terminal acetylenes is 1. The molecule has 1 saturated heterocycles. The summed E-state index contributed by atoms with van der Waals surface area (Å²) in [5.41, 5.74) is 12.9. The number of hydrogen-bond donors (Lipinski definition) is 1. The first kappa shape index (κ1) is 34.9. The van der Waals surface area contributed by atoms with Crippen LogP contribution in [-0.2, 0) is 9.47 Å². The molecule has 0 bridgehead atoms. The first-order valence-corrected chi connectivity index (χ1v) is 13.8. The zero-order valence-electron chi connectivity index (χ0n) is 23.7. The zero-order chi connectivity index (χ0) is 28.1. The topological polar surface area (TPSA) is 51.0 Å². The molecule has 1 atom stereocenters. The van der Waals surface area contributed by atoms with E-state index in [1.54, 1.807) is 26.2 Å². The Balaban J connectivity index is 0.00000165. The van der Waals surface area contributed by atoms with E-state index in [-0.39, 0.29) is 6.10 Å². The van der Waals surface area contributed by atoms with Crippen LogP contribution >= 0.6 is 23.2 Å². The predicted molar refractivity (Wildman–Crippen MR) is 160 cm³/mol. The van der Waals surface area contributed by atoms with Crippen molar-refractivity contribution in [3.63, 3.8) is 0 Å². The summed E-state index contributed by atoms with van der Waals surface area (Å²) in [7, 11) is 1.68. The van der Waals surface area contributed by atoms with E-state index in [1.807, 2.05) is 32.9 Å². The summed E-state index contributed by atoms with van der Waals surface area (Å²) >= 11 is 12.7. The van der Waals surface area contributed by atoms with Crippen molar-refractivity contribution in [1.82, 2.24) is 9.80 Å². The maximum Gasteiger partial charge on any atom is 0.100 e. The average Bonchev–Trinajstić information content (AvgIpc) is 3.23. The van der Waals surface area contributed by atoms with E-state index in [0.29, 0.717) is 23.3 Å². The molecule has 0 spiro atoms.